The van der Waals surface area contributed by atoms with Crippen LogP contribution in [-0.2, 0) is 5.41 Å². The van der Waals surface area contributed by atoms with Gasteiger partial charge in [0.2, 0.25) is 0 Å². The maximum Gasteiger partial charge on any atom is 0.157 e. The summed E-state index contributed by atoms with van der Waals surface area (Å²) in [6.07, 6.45) is 0. The SMILES string of the molecule is CC1(C)c2cc(C3=C4Oc5ccccc5C4NC(c4ccccc4)=N3)ccc2-c2c(-n3c4ccccc4c4ccccc43)cc3ccccc3c21. The molecule has 1 atom stereocenters. The van der Waals surface area contributed by atoms with Gasteiger partial charge in [-0.1, -0.05) is 135 Å². The number of hydrogen-bond donors (Lipinski definition) is 1. The van der Waals surface area contributed by atoms with Gasteiger partial charge in [-0.05, 0) is 57.8 Å². The number of amidine groups is 1. The zero-order chi connectivity index (χ0) is 33.8. The van der Waals surface area contributed by atoms with E-state index in [0.717, 1.165) is 39.7 Å². The number of para-hydroxylation sites is 3. The number of nitrogens with one attached hydrogen (secondary N) is 1. The second kappa shape index (κ2) is 10.3. The van der Waals surface area contributed by atoms with Crippen LogP contribution >= 0.6 is 0 Å². The predicted molar refractivity (Wildman–Crippen MR) is 209 cm³/mol. The van der Waals surface area contributed by atoms with Crippen LogP contribution in [0, 0.1) is 0 Å². The Morgan fingerprint density at radius 3 is 2.10 bits per heavy atom. The summed E-state index contributed by atoms with van der Waals surface area (Å²) in [5.41, 5.74) is 12.7. The Labute approximate surface area is 296 Å². The zero-order valence-corrected chi connectivity index (χ0v) is 28.3. The van der Waals surface area contributed by atoms with Crippen LogP contribution in [0.5, 0.6) is 5.75 Å². The van der Waals surface area contributed by atoms with Crippen LogP contribution in [-0.4, -0.2) is 10.4 Å². The summed E-state index contributed by atoms with van der Waals surface area (Å²) < 4.78 is 9.09. The van der Waals surface area contributed by atoms with Gasteiger partial charge in [0.15, 0.2) is 5.76 Å². The molecule has 8 aromatic rings. The first-order valence-corrected chi connectivity index (χ1v) is 17.7. The lowest BCUT2D eigenvalue weighted by Crippen LogP contribution is -2.33. The molecule has 0 radical (unpaired) electrons. The van der Waals surface area contributed by atoms with Crippen molar-refractivity contribution in [3.8, 4) is 22.6 Å². The molecule has 0 spiro atoms. The van der Waals surface area contributed by atoms with Crippen molar-refractivity contribution in [1.29, 1.82) is 0 Å². The standard InChI is InChI=1S/C47H33N3O/c1-47(2)36-26-30(43-45-44(35-20-10-13-23-40(35)51-45)49-46(48-43)28-14-4-3-5-15-28)24-25-34(36)41-39(27-29-16-6-7-17-31(29)42(41)47)50-37-21-11-8-18-32(37)33-19-9-12-22-38(33)50/h3-27,44H,1-2H3,(H,48,49). The molecule has 0 fully saturated rings. The van der Waals surface area contributed by atoms with E-state index in [1.165, 1.54) is 60.5 Å². The van der Waals surface area contributed by atoms with Crippen LogP contribution in [0.3, 0.4) is 0 Å². The van der Waals surface area contributed by atoms with Crippen molar-refractivity contribution < 1.29 is 4.74 Å². The van der Waals surface area contributed by atoms with Gasteiger partial charge in [-0.15, -0.1) is 0 Å². The monoisotopic (exact) mass is 655 g/mol. The molecule has 242 valence electrons. The number of aliphatic imine (C=N–C) groups is 1. The minimum Gasteiger partial charge on any atom is -0.456 e. The van der Waals surface area contributed by atoms with Gasteiger partial charge < -0.3 is 14.6 Å². The molecular weight excluding hydrogens is 623 g/mol. The van der Waals surface area contributed by atoms with Gasteiger partial charge in [0.25, 0.3) is 0 Å². The van der Waals surface area contributed by atoms with E-state index in [2.05, 4.69) is 157 Å². The van der Waals surface area contributed by atoms with E-state index in [0.29, 0.717) is 0 Å². The largest absolute Gasteiger partial charge is 0.456 e. The van der Waals surface area contributed by atoms with Crippen molar-refractivity contribution in [2.75, 3.05) is 0 Å². The summed E-state index contributed by atoms with van der Waals surface area (Å²) in [4.78, 5) is 5.30. The second-order valence-electron chi connectivity index (χ2n) is 14.4. The molecule has 0 bridgehead atoms. The minimum atomic E-state index is -0.280. The second-order valence-corrected chi connectivity index (χ2v) is 14.4. The Morgan fingerprint density at radius 2 is 1.31 bits per heavy atom. The predicted octanol–water partition coefficient (Wildman–Crippen LogP) is 11.1. The van der Waals surface area contributed by atoms with Gasteiger partial charge in [0.1, 0.15) is 23.3 Å². The summed E-state index contributed by atoms with van der Waals surface area (Å²) in [6.45, 7) is 4.76. The first kappa shape index (κ1) is 28.4. The summed E-state index contributed by atoms with van der Waals surface area (Å²) in [6, 6.07) is 54.4. The van der Waals surface area contributed by atoms with Gasteiger partial charge in [-0.25, -0.2) is 4.99 Å². The molecule has 7 aromatic carbocycles. The summed E-state index contributed by atoms with van der Waals surface area (Å²) in [5.74, 6) is 2.58. The Kier molecular flexibility index (Phi) is 5.75. The highest BCUT2D eigenvalue weighted by molar-refractivity contribution is 6.11. The molecule has 0 amide bonds. The fourth-order valence-electron chi connectivity index (χ4n) is 8.92. The molecule has 3 heterocycles. The lowest BCUT2D eigenvalue weighted by Gasteiger charge is -2.26. The molecular formula is C47H33N3O. The van der Waals surface area contributed by atoms with E-state index in [4.69, 9.17) is 9.73 Å². The highest BCUT2D eigenvalue weighted by atomic mass is 16.5. The molecule has 11 rings (SSSR count). The van der Waals surface area contributed by atoms with Gasteiger partial charge in [-0.2, -0.15) is 0 Å². The lowest BCUT2D eigenvalue weighted by molar-refractivity contribution is 0.420. The van der Waals surface area contributed by atoms with E-state index in [-0.39, 0.29) is 11.5 Å². The van der Waals surface area contributed by atoms with Gasteiger partial charge in [0.05, 0.1) is 16.7 Å². The topological polar surface area (TPSA) is 38.5 Å². The molecule has 0 saturated carbocycles. The molecule has 4 nitrogen and oxygen atoms in total. The third-order valence-electron chi connectivity index (χ3n) is 11.2. The molecule has 4 heteroatoms. The van der Waals surface area contributed by atoms with Crippen LogP contribution in [0.1, 0.15) is 47.7 Å². The molecule has 1 N–H and O–H groups in total. The molecule has 3 aliphatic rings. The van der Waals surface area contributed by atoms with E-state index in [1.54, 1.807) is 0 Å². The van der Waals surface area contributed by atoms with Crippen molar-refractivity contribution in [1.82, 2.24) is 9.88 Å². The Bertz CT molecular complexity index is 2780. The van der Waals surface area contributed by atoms with Crippen molar-refractivity contribution in [2.45, 2.75) is 25.3 Å². The summed E-state index contributed by atoms with van der Waals surface area (Å²) >= 11 is 0. The number of nitrogens with zero attached hydrogens (tertiary/aromatic N) is 2. The van der Waals surface area contributed by atoms with Crippen LogP contribution in [0.15, 0.2) is 162 Å². The number of benzene rings is 7. The first-order chi connectivity index (χ1) is 25.1. The van der Waals surface area contributed by atoms with Crippen molar-refractivity contribution in [3.63, 3.8) is 0 Å². The Morgan fingerprint density at radius 1 is 0.647 bits per heavy atom. The number of aromatic nitrogens is 1. The van der Waals surface area contributed by atoms with E-state index >= 15 is 0 Å². The molecule has 51 heavy (non-hydrogen) atoms. The smallest absolute Gasteiger partial charge is 0.157 e. The molecule has 1 unspecified atom stereocenters. The van der Waals surface area contributed by atoms with Crippen molar-refractivity contribution >= 4 is 44.1 Å². The minimum absolute atomic E-state index is 0.117. The first-order valence-electron chi connectivity index (χ1n) is 17.7. The van der Waals surface area contributed by atoms with Gasteiger partial charge in [-0.3, -0.25) is 0 Å². The average molecular weight is 656 g/mol. The lowest BCUT2D eigenvalue weighted by atomic mass is 9.79. The van der Waals surface area contributed by atoms with Crippen LogP contribution in [0.4, 0.5) is 0 Å². The molecule has 2 aliphatic heterocycles. The van der Waals surface area contributed by atoms with Crippen molar-refractivity contribution in [2.24, 2.45) is 4.99 Å². The Balaban J connectivity index is 1.17. The zero-order valence-electron chi connectivity index (χ0n) is 28.3. The van der Waals surface area contributed by atoms with Crippen LogP contribution in [0.2, 0.25) is 0 Å². The summed E-state index contributed by atoms with van der Waals surface area (Å²) in [7, 11) is 0. The number of rotatable bonds is 3. The van der Waals surface area contributed by atoms with Gasteiger partial charge >= 0.3 is 0 Å². The van der Waals surface area contributed by atoms with Crippen molar-refractivity contribution in [3.05, 3.63) is 185 Å². The number of hydrogen-bond acceptors (Lipinski definition) is 3. The third kappa shape index (κ3) is 3.93. The molecule has 1 aliphatic carbocycles. The average Bonchev–Trinajstić information content (AvgIpc) is 3.80. The van der Waals surface area contributed by atoms with E-state index < -0.39 is 0 Å². The normalized spacial score (nSPS) is 16.7. The van der Waals surface area contributed by atoms with E-state index in [1.807, 2.05) is 18.2 Å². The molecule has 0 saturated heterocycles. The Hall–Kier alpha value is -6.39. The maximum absolute atomic E-state index is 6.61. The quantitative estimate of drug-likeness (QED) is 0.206. The fourth-order valence-corrected chi connectivity index (χ4v) is 8.92. The van der Waals surface area contributed by atoms with Gasteiger partial charge in [0, 0.05) is 38.4 Å². The molecule has 1 aromatic heterocycles. The highest BCUT2D eigenvalue weighted by Gasteiger charge is 2.41. The maximum atomic E-state index is 6.61. The van der Waals surface area contributed by atoms with Crippen LogP contribution < -0.4 is 10.1 Å². The highest BCUT2D eigenvalue weighted by Crippen LogP contribution is 2.55. The fraction of sp³-hybridized carbons (Fsp3) is 0.0851. The number of ether oxygens (including phenoxy) is 1. The summed E-state index contributed by atoms with van der Waals surface area (Å²) in [5, 5.41) is 8.78. The van der Waals surface area contributed by atoms with Crippen LogP contribution in [0.25, 0.3) is 55.1 Å². The third-order valence-corrected chi connectivity index (χ3v) is 11.2. The van der Waals surface area contributed by atoms with E-state index in [9.17, 15) is 0 Å². The number of fused-ring (bicyclic) bond motifs is 11.